The van der Waals surface area contributed by atoms with E-state index in [4.69, 9.17) is 25.3 Å². The average Bonchev–Trinajstić information content (AvgIpc) is 2.51. The summed E-state index contributed by atoms with van der Waals surface area (Å²) in [6.45, 7) is 0. The first-order valence-electron chi connectivity index (χ1n) is 6.67. The maximum absolute atomic E-state index is 11.5. The summed E-state index contributed by atoms with van der Waals surface area (Å²) in [6.07, 6.45) is -5.32. The zero-order valence-electron chi connectivity index (χ0n) is 13.2. The van der Waals surface area contributed by atoms with Crippen molar-refractivity contribution in [1.29, 1.82) is 0 Å². The molecule has 1 aromatic rings. The summed E-state index contributed by atoms with van der Waals surface area (Å²) >= 11 is 0. The SMILES string of the molecule is N[C@@H](CCC(=O)Nc1cccc(S(=O)(=O)O)n1)C(=O)O.O=C(O)C(F)(F)F. The minimum Gasteiger partial charge on any atom is -0.480 e. The van der Waals surface area contributed by atoms with E-state index < -0.39 is 45.2 Å². The first-order valence-corrected chi connectivity index (χ1v) is 8.11. The van der Waals surface area contributed by atoms with E-state index in [1.807, 2.05) is 0 Å². The number of nitrogens with two attached hydrogens (primary N) is 1. The summed E-state index contributed by atoms with van der Waals surface area (Å²) in [4.78, 5) is 34.4. The molecule has 6 N–H and O–H groups in total. The maximum Gasteiger partial charge on any atom is 0.490 e. The normalized spacial score (nSPS) is 12.3. The van der Waals surface area contributed by atoms with E-state index in [0.717, 1.165) is 6.07 Å². The van der Waals surface area contributed by atoms with E-state index in [0.29, 0.717) is 0 Å². The summed E-state index contributed by atoms with van der Waals surface area (Å²) in [5.74, 6) is -4.62. The molecule has 0 saturated carbocycles. The Kier molecular flexibility index (Phi) is 8.78. The second-order valence-electron chi connectivity index (χ2n) is 4.67. The Morgan fingerprint density at radius 2 is 1.74 bits per heavy atom. The van der Waals surface area contributed by atoms with Crippen LogP contribution in [0, 0.1) is 0 Å². The number of hydrogen-bond acceptors (Lipinski definition) is 7. The predicted octanol–water partition coefficient (Wildman–Crippen LogP) is 0.0922. The Hall–Kier alpha value is -2.78. The van der Waals surface area contributed by atoms with E-state index in [9.17, 15) is 31.2 Å². The molecular weight excluding hydrogens is 403 g/mol. The maximum atomic E-state index is 11.5. The molecule has 1 heterocycles. The number of carbonyl (C=O) groups excluding carboxylic acids is 1. The quantitative estimate of drug-likeness (QED) is 0.395. The van der Waals surface area contributed by atoms with E-state index in [1.165, 1.54) is 12.1 Å². The molecule has 27 heavy (non-hydrogen) atoms. The number of aromatic nitrogens is 1. The molecule has 0 aromatic carbocycles. The van der Waals surface area contributed by atoms with Crippen molar-refractivity contribution in [3.05, 3.63) is 18.2 Å². The summed E-state index contributed by atoms with van der Waals surface area (Å²) in [6, 6.07) is 2.52. The summed E-state index contributed by atoms with van der Waals surface area (Å²) in [5, 5.41) is 17.3. The van der Waals surface area contributed by atoms with Crippen molar-refractivity contribution >= 4 is 33.8 Å². The Bertz CT molecular complexity index is 797. The first kappa shape index (κ1) is 24.2. The molecular formula is C12H14F3N3O8S. The Morgan fingerprint density at radius 3 is 2.15 bits per heavy atom. The van der Waals surface area contributed by atoms with Gasteiger partial charge in [-0.05, 0) is 18.6 Å². The highest BCUT2D eigenvalue weighted by Gasteiger charge is 2.38. The van der Waals surface area contributed by atoms with Gasteiger partial charge in [-0.2, -0.15) is 21.6 Å². The number of aliphatic carboxylic acids is 2. The molecule has 11 nitrogen and oxygen atoms in total. The molecule has 1 amide bonds. The molecule has 0 aliphatic heterocycles. The van der Waals surface area contributed by atoms with E-state index in [1.54, 1.807) is 0 Å². The van der Waals surface area contributed by atoms with Crippen LogP contribution in [0.2, 0.25) is 0 Å². The molecule has 1 aromatic heterocycles. The molecule has 0 radical (unpaired) electrons. The smallest absolute Gasteiger partial charge is 0.480 e. The van der Waals surface area contributed by atoms with Gasteiger partial charge in [0, 0.05) is 6.42 Å². The summed E-state index contributed by atoms with van der Waals surface area (Å²) in [5.41, 5.74) is 5.23. The predicted molar refractivity (Wildman–Crippen MR) is 81.2 cm³/mol. The molecule has 1 atom stereocenters. The third kappa shape index (κ3) is 10.1. The largest absolute Gasteiger partial charge is 0.490 e. The third-order valence-corrected chi connectivity index (χ3v) is 3.25. The van der Waals surface area contributed by atoms with Crippen LogP contribution in [-0.4, -0.2) is 58.2 Å². The number of nitrogens with zero attached hydrogens (tertiary/aromatic N) is 1. The van der Waals surface area contributed by atoms with Crippen LogP contribution in [0.15, 0.2) is 23.2 Å². The number of pyridine rings is 1. The van der Waals surface area contributed by atoms with Gasteiger partial charge in [0.05, 0.1) is 0 Å². The molecule has 0 spiro atoms. The lowest BCUT2D eigenvalue weighted by Gasteiger charge is -2.07. The second-order valence-corrected chi connectivity index (χ2v) is 6.04. The van der Waals surface area contributed by atoms with Gasteiger partial charge in [0.15, 0.2) is 5.03 Å². The monoisotopic (exact) mass is 417 g/mol. The third-order valence-electron chi connectivity index (χ3n) is 2.50. The highest BCUT2D eigenvalue weighted by atomic mass is 32.2. The molecule has 15 heteroatoms. The zero-order chi connectivity index (χ0) is 21.4. The van der Waals surface area contributed by atoms with E-state index in [2.05, 4.69) is 10.3 Å². The molecule has 0 saturated heterocycles. The number of nitrogens with one attached hydrogen (secondary N) is 1. The lowest BCUT2D eigenvalue weighted by Crippen LogP contribution is -2.31. The number of carboxylic acids is 2. The topological polar surface area (TPSA) is 197 Å². The van der Waals surface area contributed by atoms with Crippen molar-refractivity contribution in [2.45, 2.75) is 30.1 Å². The lowest BCUT2D eigenvalue weighted by molar-refractivity contribution is -0.192. The van der Waals surface area contributed by atoms with Crippen molar-refractivity contribution in [2.75, 3.05) is 5.32 Å². The number of carbonyl (C=O) groups is 3. The molecule has 0 aliphatic rings. The van der Waals surface area contributed by atoms with Crippen LogP contribution in [0.3, 0.4) is 0 Å². The van der Waals surface area contributed by atoms with Crippen molar-refractivity contribution in [3.8, 4) is 0 Å². The molecule has 0 unspecified atom stereocenters. The van der Waals surface area contributed by atoms with Crippen LogP contribution in [0.5, 0.6) is 0 Å². The van der Waals surface area contributed by atoms with Gasteiger partial charge >= 0.3 is 28.2 Å². The highest BCUT2D eigenvalue weighted by molar-refractivity contribution is 7.85. The van der Waals surface area contributed by atoms with Gasteiger partial charge in [-0.15, -0.1) is 0 Å². The van der Waals surface area contributed by atoms with Crippen LogP contribution in [0.25, 0.3) is 0 Å². The standard InChI is InChI=1S/C10H13N3O6S.C2HF3O2/c11-6(10(15)16)4-5-8(14)12-7-2-1-3-9(13-7)20(17,18)19;3-2(4,5)1(6)7/h1-3,6H,4-5,11H2,(H,15,16)(H,12,13,14)(H,17,18,19);(H,6,7)/t6-;/m0./s1. The number of alkyl halides is 3. The fourth-order valence-electron chi connectivity index (χ4n) is 1.24. The zero-order valence-corrected chi connectivity index (χ0v) is 14.0. The highest BCUT2D eigenvalue weighted by Crippen LogP contribution is 2.13. The minimum atomic E-state index is -5.08. The van der Waals surface area contributed by atoms with Crippen LogP contribution in [0.4, 0.5) is 19.0 Å². The number of hydrogen-bond donors (Lipinski definition) is 5. The molecule has 152 valence electrons. The average molecular weight is 417 g/mol. The molecule has 1 rings (SSSR count). The van der Waals surface area contributed by atoms with Gasteiger partial charge in [0.25, 0.3) is 0 Å². The van der Waals surface area contributed by atoms with Crippen molar-refractivity contribution in [1.82, 2.24) is 4.98 Å². The van der Waals surface area contributed by atoms with Gasteiger partial charge in [-0.3, -0.25) is 14.1 Å². The molecule has 0 bridgehead atoms. The van der Waals surface area contributed by atoms with E-state index >= 15 is 0 Å². The van der Waals surface area contributed by atoms with Gasteiger partial charge < -0.3 is 21.3 Å². The number of rotatable bonds is 6. The number of amides is 1. The van der Waals surface area contributed by atoms with Crippen molar-refractivity contribution in [2.24, 2.45) is 5.73 Å². The number of anilines is 1. The van der Waals surface area contributed by atoms with Crippen LogP contribution in [-0.2, 0) is 24.5 Å². The number of halogens is 3. The van der Waals surface area contributed by atoms with Crippen molar-refractivity contribution < 1.29 is 50.7 Å². The van der Waals surface area contributed by atoms with E-state index in [-0.39, 0.29) is 18.7 Å². The first-order chi connectivity index (χ1) is 12.1. The van der Waals surface area contributed by atoms with Gasteiger partial charge in [-0.25, -0.2) is 9.78 Å². The van der Waals surface area contributed by atoms with Crippen LogP contribution >= 0.6 is 0 Å². The van der Waals surface area contributed by atoms with Crippen LogP contribution < -0.4 is 11.1 Å². The minimum absolute atomic E-state index is 0.0703. The Morgan fingerprint density at radius 1 is 1.22 bits per heavy atom. The fourth-order valence-corrected chi connectivity index (χ4v) is 1.71. The molecule has 0 aliphatic carbocycles. The lowest BCUT2D eigenvalue weighted by atomic mass is 10.1. The van der Waals surface area contributed by atoms with Gasteiger partial charge in [-0.1, -0.05) is 6.07 Å². The summed E-state index contributed by atoms with van der Waals surface area (Å²) < 4.78 is 62.3. The van der Waals surface area contributed by atoms with Gasteiger partial charge in [0.2, 0.25) is 5.91 Å². The van der Waals surface area contributed by atoms with Crippen LogP contribution in [0.1, 0.15) is 12.8 Å². The van der Waals surface area contributed by atoms with Crippen molar-refractivity contribution in [3.63, 3.8) is 0 Å². The summed E-state index contributed by atoms with van der Waals surface area (Å²) in [7, 11) is -4.46. The Balaban J connectivity index is 0.000000821. The fraction of sp³-hybridized carbons (Fsp3) is 0.333. The second kappa shape index (κ2) is 9.79. The number of carboxylic acid groups (broad SMARTS) is 2. The Labute approximate surface area is 149 Å². The molecule has 0 fully saturated rings. The van der Waals surface area contributed by atoms with Gasteiger partial charge in [0.1, 0.15) is 11.9 Å².